The van der Waals surface area contributed by atoms with Gasteiger partial charge in [-0.25, -0.2) is 27.2 Å². The maximum Gasteiger partial charge on any atom is 0.283 e. The van der Waals surface area contributed by atoms with E-state index in [-0.39, 0.29) is 5.95 Å². The summed E-state index contributed by atoms with van der Waals surface area (Å²) < 4.78 is 53.9. The van der Waals surface area contributed by atoms with Gasteiger partial charge in [-0.1, -0.05) is 41.4 Å². The number of benzene rings is 1. The first kappa shape index (κ1) is 20.8. The van der Waals surface area contributed by atoms with Crippen molar-refractivity contribution in [3.05, 3.63) is 58.1 Å². The van der Waals surface area contributed by atoms with Crippen LogP contribution in [0.4, 0.5) is 23.5 Å². The smallest absolute Gasteiger partial charge is 0.283 e. The molecule has 0 fully saturated rings. The highest BCUT2D eigenvalue weighted by molar-refractivity contribution is 6.32. The van der Waals surface area contributed by atoms with E-state index in [1.54, 1.807) is 0 Å². The van der Waals surface area contributed by atoms with Gasteiger partial charge in [0.1, 0.15) is 24.3 Å². The normalized spacial score (nSPS) is 11.4. The number of nitrogens with one attached hydrogen (secondary N) is 1. The molecule has 1 aromatic carbocycles. The average Bonchev–Trinajstić information content (AvgIpc) is 3.18. The van der Waals surface area contributed by atoms with Crippen molar-refractivity contribution in [2.24, 2.45) is 0 Å². The molecule has 0 atom stereocenters. The molecule has 154 valence electrons. The standard InChI is InChI=1S/C17H15ClF4N6O/c1-9-3-2-4-10(5-9)6-27-8-23-17(26-27)24-11(29)7-28-14(16(21)22)12(18)13(25-28)15(19)20/h2-5,8,15-16H,6-7H2,1H3,(H,24,26,29). The van der Waals surface area contributed by atoms with Gasteiger partial charge >= 0.3 is 0 Å². The Labute approximate surface area is 167 Å². The zero-order valence-electron chi connectivity index (χ0n) is 15.0. The lowest BCUT2D eigenvalue weighted by Crippen LogP contribution is -2.22. The van der Waals surface area contributed by atoms with E-state index in [1.807, 2.05) is 31.2 Å². The quantitative estimate of drug-likeness (QED) is 0.575. The van der Waals surface area contributed by atoms with Crippen LogP contribution in [-0.2, 0) is 17.9 Å². The molecule has 1 amide bonds. The molecular formula is C17H15ClF4N6O. The molecule has 0 aliphatic rings. The second kappa shape index (κ2) is 8.60. The second-order valence-electron chi connectivity index (χ2n) is 6.15. The first-order valence-corrected chi connectivity index (χ1v) is 8.69. The first-order chi connectivity index (χ1) is 13.7. The number of alkyl halides is 4. The Balaban J connectivity index is 1.69. The lowest BCUT2D eigenvalue weighted by atomic mass is 10.1. The Morgan fingerprint density at radius 1 is 1.21 bits per heavy atom. The Hall–Kier alpha value is -2.95. The van der Waals surface area contributed by atoms with Gasteiger partial charge in [-0.2, -0.15) is 5.10 Å². The number of halogens is 5. The molecule has 2 aromatic heterocycles. The third kappa shape index (κ3) is 4.91. The highest BCUT2D eigenvalue weighted by Gasteiger charge is 2.28. The molecule has 1 N–H and O–H groups in total. The Morgan fingerprint density at radius 2 is 1.97 bits per heavy atom. The van der Waals surface area contributed by atoms with Crippen molar-refractivity contribution in [3.8, 4) is 0 Å². The summed E-state index contributed by atoms with van der Waals surface area (Å²) in [6.45, 7) is 1.61. The number of hydrogen-bond donors (Lipinski definition) is 1. The summed E-state index contributed by atoms with van der Waals surface area (Å²) in [5.74, 6) is -0.881. The molecule has 29 heavy (non-hydrogen) atoms. The van der Waals surface area contributed by atoms with Gasteiger partial charge in [0.2, 0.25) is 11.9 Å². The van der Waals surface area contributed by atoms with Crippen molar-refractivity contribution in [3.63, 3.8) is 0 Å². The fourth-order valence-corrected chi connectivity index (χ4v) is 2.97. The van der Waals surface area contributed by atoms with Crippen LogP contribution in [0, 0.1) is 6.92 Å². The number of aryl methyl sites for hydroxylation is 1. The van der Waals surface area contributed by atoms with Crippen LogP contribution >= 0.6 is 11.6 Å². The summed E-state index contributed by atoms with van der Waals surface area (Å²) >= 11 is 5.55. The largest absolute Gasteiger partial charge is 0.292 e. The van der Waals surface area contributed by atoms with Gasteiger partial charge in [-0.3, -0.25) is 14.8 Å². The van der Waals surface area contributed by atoms with E-state index in [0.29, 0.717) is 11.2 Å². The SMILES string of the molecule is Cc1cccc(Cn2cnc(NC(=O)Cn3nc(C(F)F)c(Cl)c3C(F)F)n2)c1. The lowest BCUT2D eigenvalue weighted by Gasteiger charge is -2.06. The van der Waals surface area contributed by atoms with Gasteiger partial charge in [0.05, 0.1) is 11.6 Å². The number of anilines is 1. The fraction of sp³-hybridized carbons (Fsp3) is 0.294. The summed E-state index contributed by atoms with van der Waals surface area (Å²) in [4.78, 5) is 16.0. The predicted octanol–water partition coefficient (Wildman–Crippen LogP) is 4.00. The molecule has 0 unspecified atom stereocenters. The van der Waals surface area contributed by atoms with Crippen LogP contribution in [0.3, 0.4) is 0 Å². The summed E-state index contributed by atoms with van der Waals surface area (Å²) in [6, 6.07) is 7.72. The second-order valence-corrected chi connectivity index (χ2v) is 6.52. The van der Waals surface area contributed by atoms with E-state index in [9.17, 15) is 22.4 Å². The Kier molecular flexibility index (Phi) is 6.16. The number of nitrogens with zero attached hydrogens (tertiary/aromatic N) is 5. The first-order valence-electron chi connectivity index (χ1n) is 8.32. The minimum atomic E-state index is -3.18. The zero-order chi connectivity index (χ0) is 21.1. The maximum atomic E-state index is 13.1. The highest BCUT2D eigenvalue weighted by Crippen LogP contribution is 2.34. The molecule has 3 rings (SSSR count). The molecule has 12 heteroatoms. The summed E-state index contributed by atoms with van der Waals surface area (Å²) in [6.07, 6.45) is -4.94. The van der Waals surface area contributed by atoms with Gasteiger partial charge < -0.3 is 0 Å². The van der Waals surface area contributed by atoms with Crippen molar-refractivity contribution in [1.82, 2.24) is 24.5 Å². The molecule has 3 aromatic rings. The van der Waals surface area contributed by atoms with Crippen molar-refractivity contribution in [2.45, 2.75) is 32.9 Å². The van der Waals surface area contributed by atoms with E-state index in [0.717, 1.165) is 11.1 Å². The molecule has 0 saturated heterocycles. The Bertz CT molecular complexity index is 1020. The minimum Gasteiger partial charge on any atom is -0.292 e. The number of hydrogen-bond acceptors (Lipinski definition) is 4. The van der Waals surface area contributed by atoms with Crippen LogP contribution < -0.4 is 5.32 Å². The van der Waals surface area contributed by atoms with E-state index in [1.165, 1.54) is 11.0 Å². The van der Waals surface area contributed by atoms with Gasteiger partial charge in [0.25, 0.3) is 12.9 Å². The van der Waals surface area contributed by atoms with E-state index in [4.69, 9.17) is 11.6 Å². The molecular weight excluding hydrogens is 416 g/mol. The minimum absolute atomic E-state index is 0.0615. The summed E-state index contributed by atoms with van der Waals surface area (Å²) in [5, 5.41) is 8.86. The molecule has 0 spiro atoms. The zero-order valence-corrected chi connectivity index (χ0v) is 15.7. The molecule has 0 aliphatic carbocycles. The van der Waals surface area contributed by atoms with Gasteiger partial charge in [0.15, 0.2) is 0 Å². The Morgan fingerprint density at radius 3 is 2.62 bits per heavy atom. The molecule has 0 bridgehead atoms. The molecule has 0 aliphatic heterocycles. The molecule has 0 radical (unpaired) electrons. The molecule has 7 nitrogen and oxygen atoms in total. The van der Waals surface area contributed by atoms with Crippen molar-refractivity contribution >= 4 is 23.5 Å². The van der Waals surface area contributed by atoms with Crippen LogP contribution in [0.2, 0.25) is 5.02 Å². The number of amides is 1. The van der Waals surface area contributed by atoms with E-state index < -0.39 is 41.7 Å². The van der Waals surface area contributed by atoms with Crippen molar-refractivity contribution in [2.75, 3.05) is 5.32 Å². The number of rotatable bonds is 7. The molecule has 2 heterocycles. The maximum absolute atomic E-state index is 13.1. The topological polar surface area (TPSA) is 77.6 Å². The van der Waals surface area contributed by atoms with Crippen LogP contribution in [0.5, 0.6) is 0 Å². The van der Waals surface area contributed by atoms with Gasteiger partial charge in [0, 0.05) is 0 Å². The molecule has 0 saturated carbocycles. The fourth-order valence-electron chi connectivity index (χ4n) is 2.67. The van der Waals surface area contributed by atoms with Gasteiger partial charge in [-0.15, -0.1) is 5.10 Å². The van der Waals surface area contributed by atoms with Crippen LogP contribution in [0.15, 0.2) is 30.6 Å². The van der Waals surface area contributed by atoms with E-state index in [2.05, 4.69) is 20.5 Å². The van der Waals surface area contributed by atoms with Crippen LogP contribution in [0.25, 0.3) is 0 Å². The number of carbonyl (C=O) groups excluding carboxylic acids is 1. The van der Waals surface area contributed by atoms with Crippen LogP contribution in [0.1, 0.15) is 35.4 Å². The van der Waals surface area contributed by atoms with E-state index >= 15 is 0 Å². The highest BCUT2D eigenvalue weighted by atomic mass is 35.5. The average molecular weight is 431 g/mol. The van der Waals surface area contributed by atoms with Crippen LogP contribution in [-0.4, -0.2) is 30.5 Å². The number of carbonyl (C=O) groups is 1. The number of aromatic nitrogens is 5. The summed E-state index contributed by atoms with van der Waals surface area (Å²) in [5.41, 5.74) is 0.0949. The lowest BCUT2D eigenvalue weighted by molar-refractivity contribution is -0.117. The third-order valence-electron chi connectivity index (χ3n) is 3.88. The monoisotopic (exact) mass is 430 g/mol. The summed E-state index contributed by atoms with van der Waals surface area (Å²) in [7, 11) is 0. The predicted molar refractivity (Wildman–Crippen MR) is 96.1 cm³/mol. The van der Waals surface area contributed by atoms with Crippen molar-refractivity contribution < 1.29 is 22.4 Å². The third-order valence-corrected chi connectivity index (χ3v) is 4.27. The van der Waals surface area contributed by atoms with Crippen molar-refractivity contribution in [1.29, 1.82) is 0 Å². The van der Waals surface area contributed by atoms with Gasteiger partial charge in [-0.05, 0) is 12.5 Å².